The Kier molecular flexibility index (Phi) is 2.74. The van der Waals surface area contributed by atoms with Crippen LogP contribution in [-0.4, -0.2) is 24.3 Å². The summed E-state index contributed by atoms with van der Waals surface area (Å²) in [5.74, 6) is 0.821. The first kappa shape index (κ1) is 10.9. The predicted octanol–water partition coefficient (Wildman–Crippen LogP) is 1.84. The van der Waals surface area contributed by atoms with Crippen molar-refractivity contribution in [3.8, 4) is 6.07 Å². The summed E-state index contributed by atoms with van der Waals surface area (Å²) in [7, 11) is 0. The van der Waals surface area contributed by atoms with Gasteiger partial charge in [0, 0.05) is 12.8 Å². The smallest absolute Gasteiger partial charge is 0.111 e. The fourth-order valence-corrected chi connectivity index (χ4v) is 2.32. The predicted molar refractivity (Wildman–Crippen MR) is 58.3 cm³/mol. The van der Waals surface area contributed by atoms with Crippen molar-refractivity contribution in [2.45, 2.75) is 50.7 Å². The van der Waals surface area contributed by atoms with Gasteiger partial charge in [0.1, 0.15) is 5.54 Å². The molecule has 15 heavy (non-hydrogen) atoms. The summed E-state index contributed by atoms with van der Waals surface area (Å²) in [4.78, 5) is 0. The lowest BCUT2D eigenvalue weighted by atomic mass is 9.82. The van der Waals surface area contributed by atoms with Crippen molar-refractivity contribution in [1.82, 2.24) is 5.32 Å². The Bertz CT molecular complexity index is 278. The molecule has 0 radical (unpaired) electrons. The van der Waals surface area contributed by atoms with E-state index < -0.39 is 0 Å². The molecule has 0 bridgehead atoms. The monoisotopic (exact) mass is 208 g/mol. The Morgan fingerprint density at radius 2 is 2.20 bits per heavy atom. The zero-order valence-electron chi connectivity index (χ0n) is 9.68. The summed E-state index contributed by atoms with van der Waals surface area (Å²) in [6.45, 7) is 5.83. The number of rotatable bonds is 3. The standard InChI is InChI=1S/C12H20N2O/c1-11(2)8-12(9-13,5-6-15-11)14-7-10-3-4-10/h10,14H,3-8H2,1-2H3. The van der Waals surface area contributed by atoms with Gasteiger partial charge in [-0.05, 0) is 39.2 Å². The van der Waals surface area contributed by atoms with Crippen LogP contribution in [0.4, 0.5) is 0 Å². The number of hydrogen-bond donors (Lipinski definition) is 1. The van der Waals surface area contributed by atoms with E-state index in [0.29, 0.717) is 6.61 Å². The van der Waals surface area contributed by atoms with Crippen LogP contribution in [0.25, 0.3) is 0 Å². The Hall–Kier alpha value is -0.590. The van der Waals surface area contributed by atoms with E-state index in [1.807, 2.05) is 0 Å². The third-order valence-electron chi connectivity index (χ3n) is 3.39. The highest BCUT2D eigenvalue weighted by Crippen LogP contribution is 2.34. The lowest BCUT2D eigenvalue weighted by molar-refractivity contribution is -0.0761. The van der Waals surface area contributed by atoms with Crippen LogP contribution in [0.2, 0.25) is 0 Å². The molecule has 1 saturated carbocycles. The highest BCUT2D eigenvalue weighted by molar-refractivity contribution is 5.12. The number of nitrogens with zero attached hydrogens (tertiary/aromatic N) is 1. The van der Waals surface area contributed by atoms with Crippen molar-refractivity contribution in [1.29, 1.82) is 5.26 Å². The second kappa shape index (κ2) is 3.77. The van der Waals surface area contributed by atoms with E-state index in [1.54, 1.807) is 0 Å². The zero-order chi connectivity index (χ0) is 10.9. The maximum Gasteiger partial charge on any atom is 0.111 e. The molecule has 2 aliphatic rings. The van der Waals surface area contributed by atoms with Gasteiger partial charge in [-0.15, -0.1) is 0 Å². The van der Waals surface area contributed by atoms with Gasteiger partial charge in [-0.2, -0.15) is 5.26 Å². The van der Waals surface area contributed by atoms with Gasteiger partial charge in [-0.1, -0.05) is 0 Å². The summed E-state index contributed by atoms with van der Waals surface area (Å²) in [6.07, 6.45) is 4.27. The minimum atomic E-state index is -0.343. The van der Waals surface area contributed by atoms with E-state index in [9.17, 15) is 5.26 Å². The lowest BCUT2D eigenvalue weighted by Crippen LogP contribution is -2.54. The number of ether oxygens (including phenoxy) is 1. The van der Waals surface area contributed by atoms with Crippen LogP contribution in [0.1, 0.15) is 39.5 Å². The first-order valence-corrected chi connectivity index (χ1v) is 5.86. The second-order valence-corrected chi connectivity index (χ2v) is 5.55. The van der Waals surface area contributed by atoms with E-state index in [0.717, 1.165) is 25.3 Å². The second-order valence-electron chi connectivity index (χ2n) is 5.55. The molecule has 0 aromatic heterocycles. The minimum Gasteiger partial charge on any atom is -0.375 e. The molecule has 1 aliphatic carbocycles. The van der Waals surface area contributed by atoms with Crippen molar-refractivity contribution in [2.24, 2.45) is 5.92 Å². The zero-order valence-corrected chi connectivity index (χ0v) is 9.68. The molecule has 0 aromatic carbocycles. The number of hydrogen-bond acceptors (Lipinski definition) is 3. The molecule has 0 amide bonds. The van der Waals surface area contributed by atoms with Crippen molar-refractivity contribution in [2.75, 3.05) is 13.2 Å². The molecule has 84 valence electrons. The molecule has 1 saturated heterocycles. The summed E-state index contributed by atoms with van der Waals surface area (Å²) in [6, 6.07) is 2.47. The van der Waals surface area contributed by atoms with Crippen LogP contribution in [0.15, 0.2) is 0 Å². The molecule has 1 heterocycles. The highest BCUT2D eigenvalue weighted by Gasteiger charge is 2.41. The first-order valence-electron chi connectivity index (χ1n) is 5.86. The Morgan fingerprint density at radius 3 is 2.73 bits per heavy atom. The molecule has 0 spiro atoms. The largest absolute Gasteiger partial charge is 0.375 e. The molecule has 2 fully saturated rings. The highest BCUT2D eigenvalue weighted by atomic mass is 16.5. The maximum absolute atomic E-state index is 9.34. The van der Waals surface area contributed by atoms with Gasteiger partial charge >= 0.3 is 0 Å². The van der Waals surface area contributed by atoms with Gasteiger partial charge < -0.3 is 4.74 Å². The molecule has 2 rings (SSSR count). The Labute approximate surface area is 91.8 Å². The average molecular weight is 208 g/mol. The summed E-state index contributed by atoms with van der Waals surface area (Å²) in [5, 5.41) is 12.8. The van der Waals surface area contributed by atoms with E-state index in [4.69, 9.17) is 4.74 Å². The normalized spacial score (nSPS) is 34.7. The van der Waals surface area contributed by atoms with Crippen LogP contribution in [0.5, 0.6) is 0 Å². The van der Waals surface area contributed by atoms with E-state index in [1.165, 1.54) is 12.8 Å². The molecule has 1 N–H and O–H groups in total. The van der Waals surface area contributed by atoms with E-state index >= 15 is 0 Å². The summed E-state index contributed by atoms with van der Waals surface area (Å²) < 4.78 is 5.65. The van der Waals surface area contributed by atoms with Gasteiger partial charge in [0.2, 0.25) is 0 Å². The van der Waals surface area contributed by atoms with Gasteiger partial charge in [0.25, 0.3) is 0 Å². The fraction of sp³-hybridized carbons (Fsp3) is 0.917. The Balaban J connectivity index is 1.96. The first-order chi connectivity index (χ1) is 7.05. The molecule has 3 nitrogen and oxygen atoms in total. The van der Waals surface area contributed by atoms with Gasteiger partial charge in [0.05, 0.1) is 18.3 Å². The average Bonchev–Trinajstić information content (AvgIpc) is 2.97. The topological polar surface area (TPSA) is 45.0 Å². The van der Waals surface area contributed by atoms with Crippen molar-refractivity contribution in [3.05, 3.63) is 0 Å². The minimum absolute atomic E-state index is 0.162. The lowest BCUT2D eigenvalue weighted by Gasteiger charge is -2.41. The van der Waals surface area contributed by atoms with Gasteiger partial charge in [0.15, 0.2) is 0 Å². The number of nitriles is 1. The summed E-state index contributed by atoms with van der Waals surface area (Å²) >= 11 is 0. The van der Waals surface area contributed by atoms with E-state index in [2.05, 4.69) is 25.2 Å². The number of nitrogens with one attached hydrogen (secondary N) is 1. The van der Waals surface area contributed by atoms with Crippen molar-refractivity contribution in [3.63, 3.8) is 0 Å². The third-order valence-corrected chi connectivity index (χ3v) is 3.39. The van der Waals surface area contributed by atoms with Crippen LogP contribution < -0.4 is 5.32 Å². The Morgan fingerprint density at radius 1 is 1.47 bits per heavy atom. The van der Waals surface area contributed by atoms with Gasteiger partial charge in [-0.3, -0.25) is 5.32 Å². The molecule has 1 unspecified atom stereocenters. The molecular weight excluding hydrogens is 188 g/mol. The third kappa shape index (κ3) is 2.70. The quantitative estimate of drug-likeness (QED) is 0.769. The fourth-order valence-electron chi connectivity index (χ4n) is 2.32. The molecular formula is C12H20N2O. The van der Waals surface area contributed by atoms with Crippen LogP contribution >= 0.6 is 0 Å². The van der Waals surface area contributed by atoms with Crippen molar-refractivity contribution < 1.29 is 4.74 Å². The van der Waals surface area contributed by atoms with Crippen LogP contribution in [0, 0.1) is 17.2 Å². The molecule has 0 aromatic rings. The maximum atomic E-state index is 9.34. The van der Waals surface area contributed by atoms with Gasteiger partial charge in [-0.25, -0.2) is 0 Å². The molecule has 3 heteroatoms. The SMILES string of the molecule is CC1(C)CC(C#N)(NCC2CC2)CCO1. The van der Waals surface area contributed by atoms with Crippen molar-refractivity contribution >= 4 is 0 Å². The molecule has 1 aliphatic heterocycles. The molecule has 1 atom stereocenters. The summed E-state index contributed by atoms with van der Waals surface area (Å²) in [5.41, 5.74) is -0.505. The van der Waals surface area contributed by atoms with E-state index in [-0.39, 0.29) is 11.1 Å². The van der Waals surface area contributed by atoms with Crippen LogP contribution in [-0.2, 0) is 4.74 Å². The van der Waals surface area contributed by atoms with Crippen LogP contribution in [0.3, 0.4) is 0 Å².